The number of nitrogen functional groups attached to an aromatic ring is 1. The van der Waals surface area contributed by atoms with Crippen molar-refractivity contribution >= 4 is 11.6 Å². The second kappa shape index (κ2) is 5.93. The molecule has 1 unspecified atom stereocenters. The van der Waals surface area contributed by atoms with Gasteiger partial charge in [0.1, 0.15) is 18.0 Å². The number of nitrogens with one attached hydrogen (secondary N) is 2. The molecule has 1 atom stereocenters. The van der Waals surface area contributed by atoms with Crippen molar-refractivity contribution in [2.75, 3.05) is 17.3 Å². The number of nitrogens with two attached hydrogens (primary N) is 1. The molecule has 1 fully saturated rings. The van der Waals surface area contributed by atoms with Crippen LogP contribution in [-0.4, -0.2) is 28.2 Å². The summed E-state index contributed by atoms with van der Waals surface area (Å²) in [5.41, 5.74) is 3.59. The predicted molar refractivity (Wildman–Crippen MR) is 80.6 cm³/mol. The molecule has 1 aliphatic heterocycles. The third kappa shape index (κ3) is 3.37. The zero-order chi connectivity index (χ0) is 14.8. The van der Waals surface area contributed by atoms with Crippen molar-refractivity contribution in [2.45, 2.75) is 58.1 Å². The van der Waals surface area contributed by atoms with Crippen LogP contribution in [0.15, 0.2) is 6.33 Å². The number of hydrazine groups is 1. The van der Waals surface area contributed by atoms with Crippen molar-refractivity contribution in [1.82, 2.24) is 9.97 Å². The molecule has 2 rings (SSSR count). The van der Waals surface area contributed by atoms with E-state index in [0.29, 0.717) is 11.9 Å². The fourth-order valence-corrected chi connectivity index (χ4v) is 2.72. The molecule has 4 N–H and O–H groups in total. The van der Waals surface area contributed by atoms with Crippen LogP contribution in [0.4, 0.5) is 11.6 Å². The second-order valence-electron chi connectivity index (χ2n) is 6.23. The highest BCUT2D eigenvalue weighted by molar-refractivity contribution is 5.58. The van der Waals surface area contributed by atoms with E-state index < -0.39 is 0 Å². The summed E-state index contributed by atoms with van der Waals surface area (Å²) in [6, 6.07) is 0.358. The van der Waals surface area contributed by atoms with E-state index in [1.807, 2.05) is 0 Å². The van der Waals surface area contributed by atoms with Gasteiger partial charge in [-0.05, 0) is 32.6 Å². The summed E-state index contributed by atoms with van der Waals surface area (Å²) in [6.45, 7) is 9.24. The van der Waals surface area contributed by atoms with Crippen molar-refractivity contribution in [2.24, 2.45) is 5.84 Å². The third-order valence-electron chi connectivity index (χ3n) is 3.64. The number of hydrogen-bond acceptors (Lipinski definition) is 6. The van der Waals surface area contributed by atoms with Crippen LogP contribution >= 0.6 is 0 Å². The average molecular weight is 279 g/mol. The molecule has 20 heavy (non-hydrogen) atoms. The van der Waals surface area contributed by atoms with Crippen LogP contribution < -0.4 is 16.6 Å². The number of anilines is 2. The molecule has 1 aromatic rings. The van der Waals surface area contributed by atoms with Gasteiger partial charge in [0.25, 0.3) is 0 Å². The normalized spacial score (nSPS) is 21.8. The number of ether oxygens (including phenoxy) is 1. The molecule has 6 nitrogen and oxygen atoms in total. The molecule has 0 radical (unpaired) electrons. The van der Waals surface area contributed by atoms with Crippen molar-refractivity contribution < 1.29 is 4.74 Å². The van der Waals surface area contributed by atoms with E-state index in [0.717, 1.165) is 30.8 Å². The first-order valence-corrected chi connectivity index (χ1v) is 7.15. The van der Waals surface area contributed by atoms with Crippen LogP contribution in [0.1, 0.15) is 52.0 Å². The Bertz CT molecular complexity index is 461. The Balaban J connectivity index is 2.20. The van der Waals surface area contributed by atoms with Crippen LogP contribution in [-0.2, 0) is 4.74 Å². The molecule has 0 aliphatic carbocycles. The van der Waals surface area contributed by atoms with E-state index in [-0.39, 0.29) is 11.5 Å². The summed E-state index contributed by atoms with van der Waals surface area (Å²) in [7, 11) is 0. The summed E-state index contributed by atoms with van der Waals surface area (Å²) in [4.78, 5) is 8.58. The molecule has 6 heteroatoms. The number of nitrogens with zero attached hydrogens (tertiary/aromatic N) is 2. The zero-order valence-electron chi connectivity index (χ0n) is 12.7. The van der Waals surface area contributed by atoms with Crippen molar-refractivity contribution in [1.29, 1.82) is 0 Å². The highest BCUT2D eigenvalue weighted by Crippen LogP contribution is 2.31. The van der Waals surface area contributed by atoms with Gasteiger partial charge in [-0.2, -0.15) is 0 Å². The molecule has 1 aliphatic rings. The van der Waals surface area contributed by atoms with Gasteiger partial charge in [-0.25, -0.2) is 15.8 Å². The lowest BCUT2D eigenvalue weighted by atomic mass is 9.93. The van der Waals surface area contributed by atoms with Crippen molar-refractivity contribution in [3.05, 3.63) is 11.9 Å². The van der Waals surface area contributed by atoms with Gasteiger partial charge < -0.3 is 15.5 Å². The summed E-state index contributed by atoms with van der Waals surface area (Å²) in [5, 5.41) is 3.53. The summed E-state index contributed by atoms with van der Waals surface area (Å²) in [6.07, 6.45) is 3.48. The lowest BCUT2D eigenvalue weighted by Crippen LogP contribution is -2.40. The highest BCUT2D eigenvalue weighted by atomic mass is 16.5. The summed E-state index contributed by atoms with van der Waals surface area (Å²) >= 11 is 0. The number of rotatable bonds is 4. The Kier molecular flexibility index (Phi) is 4.45. The molecule has 0 saturated carbocycles. The van der Waals surface area contributed by atoms with Crippen LogP contribution in [0, 0.1) is 0 Å². The van der Waals surface area contributed by atoms with Crippen LogP contribution in [0.25, 0.3) is 0 Å². The molecule has 1 saturated heterocycles. The fourth-order valence-electron chi connectivity index (χ4n) is 2.72. The first kappa shape index (κ1) is 15.0. The van der Waals surface area contributed by atoms with Gasteiger partial charge in [0.2, 0.25) is 0 Å². The van der Waals surface area contributed by atoms with Crippen LogP contribution in [0.2, 0.25) is 0 Å². The molecule has 2 heterocycles. The second-order valence-corrected chi connectivity index (χ2v) is 6.23. The van der Waals surface area contributed by atoms with Gasteiger partial charge in [0.05, 0.1) is 5.60 Å². The van der Waals surface area contributed by atoms with E-state index in [1.165, 1.54) is 6.33 Å². The maximum atomic E-state index is 5.75. The summed E-state index contributed by atoms with van der Waals surface area (Å²) in [5.74, 6) is 7.39. The maximum Gasteiger partial charge on any atom is 0.148 e. The quantitative estimate of drug-likeness (QED) is 0.579. The Morgan fingerprint density at radius 1 is 1.35 bits per heavy atom. The lowest BCUT2D eigenvalue weighted by molar-refractivity contribution is -0.0553. The van der Waals surface area contributed by atoms with E-state index in [4.69, 9.17) is 10.6 Å². The largest absolute Gasteiger partial charge is 0.375 e. The molecular weight excluding hydrogens is 254 g/mol. The standard InChI is InChI=1S/C14H25N5O/c1-9(2)11-12(16-8-17-13(11)19-15)18-10-5-6-20-14(3,4)7-10/h8-10H,5-7,15H2,1-4H3,(H2,16,17,18,19). The van der Waals surface area contributed by atoms with E-state index >= 15 is 0 Å². The third-order valence-corrected chi connectivity index (χ3v) is 3.64. The van der Waals surface area contributed by atoms with Gasteiger partial charge in [-0.15, -0.1) is 0 Å². The fraction of sp³-hybridized carbons (Fsp3) is 0.714. The van der Waals surface area contributed by atoms with E-state index in [2.05, 4.69) is 48.4 Å². The Morgan fingerprint density at radius 3 is 2.65 bits per heavy atom. The molecule has 0 bridgehead atoms. The monoisotopic (exact) mass is 279 g/mol. The van der Waals surface area contributed by atoms with Crippen LogP contribution in [0.3, 0.4) is 0 Å². The first-order valence-electron chi connectivity index (χ1n) is 7.15. The Labute approximate surface area is 120 Å². The minimum Gasteiger partial charge on any atom is -0.375 e. The molecule has 1 aromatic heterocycles. The van der Waals surface area contributed by atoms with Gasteiger partial charge in [0.15, 0.2) is 0 Å². The molecule has 0 aromatic carbocycles. The minimum atomic E-state index is -0.0874. The minimum absolute atomic E-state index is 0.0874. The van der Waals surface area contributed by atoms with Crippen LogP contribution in [0.5, 0.6) is 0 Å². The molecular formula is C14H25N5O. The predicted octanol–water partition coefficient (Wildman–Crippen LogP) is 2.26. The van der Waals surface area contributed by atoms with Gasteiger partial charge in [-0.1, -0.05) is 13.8 Å². The molecule has 112 valence electrons. The SMILES string of the molecule is CC(C)c1c(NN)ncnc1NC1CCOC(C)(C)C1. The highest BCUT2D eigenvalue weighted by Gasteiger charge is 2.29. The first-order chi connectivity index (χ1) is 9.43. The van der Waals surface area contributed by atoms with Crippen molar-refractivity contribution in [3.63, 3.8) is 0 Å². The van der Waals surface area contributed by atoms with Gasteiger partial charge >= 0.3 is 0 Å². The maximum absolute atomic E-state index is 5.75. The average Bonchev–Trinajstić information content (AvgIpc) is 2.36. The summed E-state index contributed by atoms with van der Waals surface area (Å²) < 4.78 is 5.75. The number of hydrogen-bond donors (Lipinski definition) is 3. The van der Waals surface area contributed by atoms with E-state index in [1.54, 1.807) is 0 Å². The lowest BCUT2D eigenvalue weighted by Gasteiger charge is -2.36. The zero-order valence-corrected chi connectivity index (χ0v) is 12.7. The Hall–Kier alpha value is -1.40. The van der Waals surface area contributed by atoms with E-state index in [9.17, 15) is 0 Å². The van der Waals surface area contributed by atoms with Crippen molar-refractivity contribution in [3.8, 4) is 0 Å². The number of aromatic nitrogens is 2. The smallest absolute Gasteiger partial charge is 0.148 e. The molecule has 0 spiro atoms. The van der Waals surface area contributed by atoms with Gasteiger partial charge in [0, 0.05) is 18.2 Å². The topological polar surface area (TPSA) is 85.1 Å². The Morgan fingerprint density at radius 2 is 2.05 bits per heavy atom. The molecule has 0 amide bonds. The van der Waals surface area contributed by atoms with Gasteiger partial charge in [-0.3, -0.25) is 0 Å².